The number of carbonyl (C=O) groups is 1. The number of likely N-dealkylation sites (tertiary alicyclic amines) is 1. The maximum absolute atomic E-state index is 12.7. The van der Waals surface area contributed by atoms with Crippen molar-refractivity contribution in [2.45, 2.75) is 44.0 Å². The lowest BCUT2D eigenvalue weighted by Crippen LogP contribution is -2.43. The van der Waals surface area contributed by atoms with Crippen LogP contribution in [-0.4, -0.2) is 23.4 Å². The normalized spacial score (nSPS) is 19.9. The van der Waals surface area contributed by atoms with E-state index in [-0.39, 0.29) is 5.91 Å². The number of halogens is 1. The molecule has 1 atom stereocenters. The van der Waals surface area contributed by atoms with Crippen LogP contribution in [0.15, 0.2) is 24.3 Å². The molecule has 2 nitrogen and oxygen atoms in total. The van der Waals surface area contributed by atoms with E-state index in [1.807, 2.05) is 24.3 Å². The predicted molar refractivity (Wildman–Crippen MR) is 78.0 cm³/mol. The van der Waals surface area contributed by atoms with Crippen LogP contribution in [0.4, 0.5) is 0 Å². The summed E-state index contributed by atoms with van der Waals surface area (Å²) in [4.78, 5) is 14.7. The van der Waals surface area contributed by atoms with Gasteiger partial charge in [0.05, 0.1) is 0 Å². The Kier molecular flexibility index (Phi) is 4.81. The SMILES string of the molecule is CCC1CCCCN1C(=O)c1ccccc1CBr. The standard InChI is InChI=1S/C15H20BrNO/c1-2-13-8-5-6-10-17(13)15(18)14-9-4-3-7-12(14)11-16/h3-4,7,9,13H,2,5-6,8,10-11H2,1H3. The minimum Gasteiger partial charge on any atom is -0.336 e. The molecule has 1 amide bonds. The van der Waals surface area contributed by atoms with E-state index in [9.17, 15) is 4.79 Å². The zero-order chi connectivity index (χ0) is 13.0. The fraction of sp³-hybridized carbons (Fsp3) is 0.533. The number of piperidine rings is 1. The van der Waals surface area contributed by atoms with E-state index in [1.165, 1.54) is 6.42 Å². The molecule has 0 aliphatic carbocycles. The van der Waals surface area contributed by atoms with Gasteiger partial charge in [-0.2, -0.15) is 0 Å². The Morgan fingerprint density at radius 3 is 2.89 bits per heavy atom. The fourth-order valence-electron chi connectivity index (χ4n) is 2.69. The van der Waals surface area contributed by atoms with Crippen LogP contribution in [0.2, 0.25) is 0 Å². The molecule has 0 spiro atoms. The third-order valence-corrected chi connectivity index (χ3v) is 4.36. The highest BCUT2D eigenvalue weighted by Gasteiger charge is 2.26. The van der Waals surface area contributed by atoms with Crippen LogP contribution in [0.3, 0.4) is 0 Å². The van der Waals surface area contributed by atoms with Gasteiger partial charge in [0.15, 0.2) is 0 Å². The quantitative estimate of drug-likeness (QED) is 0.773. The number of hydrogen-bond acceptors (Lipinski definition) is 1. The van der Waals surface area contributed by atoms with Gasteiger partial charge in [-0.05, 0) is 37.3 Å². The van der Waals surface area contributed by atoms with Crippen molar-refractivity contribution in [2.24, 2.45) is 0 Å². The number of nitrogens with zero attached hydrogens (tertiary/aromatic N) is 1. The molecule has 98 valence electrons. The highest BCUT2D eigenvalue weighted by molar-refractivity contribution is 9.08. The molecule has 1 aromatic rings. The number of hydrogen-bond donors (Lipinski definition) is 0. The van der Waals surface area contributed by atoms with Crippen molar-refractivity contribution in [2.75, 3.05) is 6.54 Å². The summed E-state index contributed by atoms with van der Waals surface area (Å²) in [6.07, 6.45) is 4.60. The summed E-state index contributed by atoms with van der Waals surface area (Å²) < 4.78 is 0. The Balaban J connectivity index is 2.24. The molecule has 1 aromatic carbocycles. The number of alkyl halides is 1. The molecule has 18 heavy (non-hydrogen) atoms. The molecule has 1 fully saturated rings. The van der Waals surface area contributed by atoms with Gasteiger partial charge in [-0.15, -0.1) is 0 Å². The lowest BCUT2D eigenvalue weighted by atomic mass is 9.98. The van der Waals surface area contributed by atoms with E-state index >= 15 is 0 Å². The van der Waals surface area contributed by atoms with E-state index in [0.29, 0.717) is 6.04 Å². The summed E-state index contributed by atoms with van der Waals surface area (Å²) in [5, 5.41) is 0.736. The van der Waals surface area contributed by atoms with Crippen molar-refractivity contribution in [1.82, 2.24) is 4.90 Å². The summed E-state index contributed by atoms with van der Waals surface area (Å²) in [6.45, 7) is 3.08. The molecule has 0 saturated carbocycles. The van der Waals surface area contributed by atoms with Gasteiger partial charge >= 0.3 is 0 Å². The van der Waals surface area contributed by atoms with Crippen LogP contribution in [0.25, 0.3) is 0 Å². The lowest BCUT2D eigenvalue weighted by molar-refractivity contribution is 0.0607. The average molecular weight is 310 g/mol. The minimum absolute atomic E-state index is 0.205. The topological polar surface area (TPSA) is 20.3 Å². The number of benzene rings is 1. The third-order valence-electron chi connectivity index (χ3n) is 3.75. The highest BCUT2D eigenvalue weighted by Crippen LogP contribution is 2.23. The number of rotatable bonds is 3. The summed E-state index contributed by atoms with van der Waals surface area (Å²) in [5.41, 5.74) is 1.94. The second-order valence-electron chi connectivity index (χ2n) is 4.85. The second-order valence-corrected chi connectivity index (χ2v) is 5.41. The summed E-state index contributed by atoms with van der Waals surface area (Å²) >= 11 is 3.46. The lowest BCUT2D eigenvalue weighted by Gasteiger charge is -2.35. The van der Waals surface area contributed by atoms with Crippen molar-refractivity contribution in [3.63, 3.8) is 0 Å². The van der Waals surface area contributed by atoms with Crippen molar-refractivity contribution < 1.29 is 4.79 Å². The monoisotopic (exact) mass is 309 g/mol. The second kappa shape index (κ2) is 6.37. The third kappa shape index (κ3) is 2.77. The van der Waals surface area contributed by atoms with Crippen molar-refractivity contribution in [3.05, 3.63) is 35.4 Å². The number of amides is 1. The van der Waals surface area contributed by atoms with Crippen LogP contribution < -0.4 is 0 Å². The Morgan fingerprint density at radius 2 is 2.17 bits per heavy atom. The van der Waals surface area contributed by atoms with E-state index in [2.05, 4.69) is 27.8 Å². The largest absolute Gasteiger partial charge is 0.336 e. The maximum Gasteiger partial charge on any atom is 0.254 e. The molecule has 0 radical (unpaired) electrons. The van der Waals surface area contributed by atoms with Gasteiger partial charge in [0.25, 0.3) is 5.91 Å². The molecule has 3 heteroatoms. The van der Waals surface area contributed by atoms with Gasteiger partial charge in [0.1, 0.15) is 0 Å². The zero-order valence-electron chi connectivity index (χ0n) is 10.9. The Hall–Kier alpha value is -0.830. The fourth-order valence-corrected chi connectivity index (χ4v) is 3.18. The molecule has 1 saturated heterocycles. The average Bonchev–Trinajstić information content (AvgIpc) is 2.46. The molecular formula is C15H20BrNO. The molecule has 1 aliphatic rings. The van der Waals surface area contributed by atoms with Crippen LogP contribution in [0.1, 0.15) is 48.5 Å². The van der Waals surface area contributed by atoms with Gasteiger partial charge in [-0.3, -0.25) is 4.79 Å². The first-order valence-corrected chi connectivity index (χ1v) is 7.85. The first-order chi connectivity index (χ1) is 8.77. The predicted octanol–water partition coefficient (Wildman–Crippen LogP) is 3.99. The molecule has 2 rings (SSSR count). The molecule has 1 unspecified atom stereocenters. The summed E-state index contributed by atoms with van der Waals surface area (Å²) in [7, 11) is 0. The smallest absolute Gasteiger partial charge is 0.254 e. The van der Waals surface area contributed by atoms with Gasteiger partial charge in [0.2, 0.25) is 0 Å². The van der Waals surface area contributed by atoms with Gasteiger partial charge in [0, 0.05) is 23.5 Å². The summed E-state index contributed by atoms with van der Waals surface area (Å²) in [5.74, 6) is 0.205. The van der Waals surface area contributed by atoms with Crippen molar-refractivity contribution in [1.29, 1.82) is 0 Å². The maximum atomic E-state index is 12.7. The number of carbonyl (C=O) groups excluding carboxylic acids is 1. The molecule has 1 aliphatic heterocycles. The van der Waals surface area contributed by atoms with Crippen LogP contribution in [-0.2, 0) is 5.33 Å². The Bertz CT molecular complexity index is 419. The Labute approximate surface area is 117 Å². The molecule has 1 heterocycles. The summed E-state index contributed by atoms with van der Waals surface area (Å²) in [6, 6.07) is 8.33. The van der Waals surface area contributed by atoms with E-state index < -0.39 is 0 Å². The molecule has 0 bridgehead atoms. The highest BCUT2D eigenvalue weighted by atomic mass is 79.9. The zero-order valence-corrected chi connectivity index (χ0v) is 12.4. The molecule has 0 aromatic heterocycles. The van der Waals surface area contributed by atoms with Crippen LogP contribution in [0.5, 0.6) is 0 Å². The van der Waals surface area contributed by atoms with E-state index in [4.69, 9.17) is 0 Å². The van der Waals surface area contributed by atoms with Crippen molar-refractivity contribution in [3.8, 4) is 0 Å². The minimum atomic E-state index is 0.205. The Morgan fingerprint density at radius 1 is 1.39 bits per heavy atom. The molecular weight excluding hydrogens is 290 g/mol. The van der Waals surface area contributed by atoms with Gasteiger partial charge in [-0.25, -0.2) is 0 Å². The van der Waals surface area contributed by atoms with Crippen LogP contribution in [0, 0.1) is 0 Å². The van der Waals surface area contributed by atoms with Gasteiger partial charge in [-0.1, -0.05) is 41.1 Å². The first-order valence-electron chi connectivity index (χ1n) is 6.72. The molecule has 0 N–H and O–H groups in total. The first kappa shape index (κ1) is 13.6. The van der Waals surface area contributed by atoms with Crippen LogP contribution >= 0.6 is 15.9 Å². The van der Waals surface area contributed by atoms with E-state index in [1.54, 1.807) is 0 Å². The van der Waals surface area contributed by atoms with Gasteiger partial charge < -0.3 is 4.90 Å². The van der Waals surface area contributed by atoms with E-state index in [0.717, 1.165) is 42.3 Å². The van der Waals surface area contributed by atoms with Crippen molar-refractivity contribution >= 4 is 21.8 Å².